The number of hydrogen-bond donors (Lipinski definition) is 12. The Balaban J connectivity index is 1.57. The van der Waals surface area contributed by atoms with E-state index in [-0.39, 0.29) is 55.7 Å². The maximum Gasteiger partial charge on any atom is 0.248 e. The summed E-state index contributed by atoms with van der Waals surface area (Å²) in [7, 11) is 1.95. The van der Waals surface area contributed by atoms with Crippen LogP contribution in [0, 0.1) is 0 Å². The van der Waals surface area contributed by atoms with E-state index in [0.29, 0.717) is 50.2 Å². The van der Waals surface area contributed by atoms with Crippen LogP contribution in [0.5, 0.6) is 0 Å². The maximum absolute atomic E-state index is 14.8. The Kier molecular flexibility index (Phi) is 25.2. The lowest BCUT2D eigenvalue weighted by atomic mass is 10.00. The highest BCUT2D eigenvalue weighted by Crippen LogP contribution is 2.24. The Hall–Kier alpha value is -6.44. The molecule has 1 heterocycles. The highest BCUT2D eigenvalue weighted by molar-refractivity contribution is 8.76. The van der Waals surface area contributed by atoms with Crippen LogP contribution in [-0.2, 0) is 64.0 Å². The molecule has 21 nitrogen and oxygen atoms in total. The van der Waals surface area contributed by atoms with E-state index in [2.05, 4.69) is 37.2 Å². The second kappa shape index (κ2) is 31.4. The summed E-state index contributed by atoms with van der Waals surface area (Å²) in [5, 5.41) is 30.8. The quantitative estimate of drug-likeness (QED) is 0.0463. The Morgan fingerprint density at radius 1 is 0.620 bits per heavy atom. The monoisotopic (exact) mass is 1180 g/mol. The van der Waals surface area contributed by atoms with Gasteiger partial charge in [-0.1, -0.05) is 105 Å². The first-order chi connectivity index (χ1) is 37.6. The summed E-state index contributed by atoms with van der Waals surface area (Å²) in [5.74, 6) is -8.38. The van der Waals surface area contributed by atoms with Gasteiger partial charge in [0.15, 0.2) is 0 Å². The molecule has 2 unspecified atom stereocenters. The van der Waals surface area contributed by atoms with Crippen molar-refractivity contribution in [2.24, 2.45) is 22.9 Å². The fourth-order valence-corrected chi connectivity index (χ4v) is 10.7. The minimum Gasteiger partial charge on any atom is -0.391 e. The number of nitrogens with two attached hydrogens (primary N) is 4. The summed E-state index contributed by atoms with van der Waals surface area (Å²) in [4.78, 5) is 125. The van der Waals surface area contributed by atoms with Crippen LogP contribution in [0.15, 0.2) is 97.1 Å². The number of benzene rings is 4. The third-order valence-electron chi connectivity index (χ3n) is 12.5. The molecule has 0 spiro atoms. The van der Waals surface area contributed by atoms with Gasteiger partial charge in [-0.15, -0.1) is 0 Å². The molecular formula is C53H64Cl3N11O10S2. The largest absolute Gasteiger partial charge is 0.391 e. The van der Waals surface area contributed by atoms with Crippen LogP contribution in [0.25, 0.3) is 0 Å². The van der Waals surface area contributed by atoms with E-state index >= 15 is 0 Å². The predicted molar refractivity (Wildman–Crippen MR) is 304 cm³/mol. The average molecular weight is 1190 g/mol. The van der Waals surface area contributed by atoms with Crippen molar-refractivity contribution in [1.29, 1.82) is 0 Å². The zero-order valence-corrected chi connectivity index (χ0v) is 46.8. The second-order valence-corrected chi connectivity index (χ2v) is 22.6. The molecule has 0 bridgehead atoms. The van der Waals surface area contributed by atoms with Gasteiger partial charge in [0.1, 0.15) is 42.3 Å². The minimum atomic E-state index is -1.74. The number of unbranched alkanes of at least 4 members (excludes halogenated alkanes) is 1. The zero-order chi connectivity index (χ0) is 57.8. The summed E-state index contributed by atoms with van der Waals surface area (Å²) in [5.41, 5.74) is 25.8. The molecule has 9 amide bonds. The Morgan fingerprint density at radius 3 is 1.59 bits per heavy atom. The van der Waals surface area contributed by atoms with Gasteiger partial charge in [0.05, 0.1) is 12.1 Å². The lowest BCUT2D eigenvalue weighted by molar-refractivity contribution is -0.136. The molecule has 0 radical (unpaired) electrons. The molecule has 9 atom stereocenters. The van der Waals surface area contributed by atoms with Crippen molar-refractivity contribution in [3.8, 4) is 0 Å². The van der Waals surface area contributed by atoms with Crippen LogP contribution >= 0.6 is 56.4 Å². The van der Waals surface area contributed by atoms with Crippen molar-refractivity contribution < 1.29 is 48.3 Å². The summed E-state index contributed by atoms with van der Waals surface area (Å²) >= 11 is 18.3. The summed E-state index contributed by atoms with van der Waals surface area (Å²) < 4.78 is 0. The van der Waals surface area contributed by atoms with Gasteiger partial charge in [-0.25, -0.2) is 0 Å². The molecule has 16 N–H and O–H groups in total. The van der Waals surface area contributed by atoms with Gasteiger partial charge in [0, 0.05) is 51.4 Å². The van der Waals surface area contributed by atoms with Gasteiger partial charge in [-0.05, 0) is 110 Å². The number of carbonyl (C=O) groups excluding carboxylic acids is 9. The van der Waals surface area contributed by atoms with Crippen molar-refractivity contribution in [3.05, 3.63) is 140 Å². The molecule has 0 aromatic heterocycles. The van der Waals surface area contributed by atoms with E-state index in [1.165, 1.54) is 31.2 Å². The first kappa shape index (κ1) is 63.4. The van der Waals surface area contributed by atoms with Gasteiger partial charge < -0.3 is 65.3 Å². The topological polar surface area (TPSA) is 362 Å². The SMILES string of the molecule is CC(O)C1NC(=O)[C@H](CCCCN)NC(=O)[C@@H](Cc2ccc(C(N)=O)cc2)NC(=O)[C@H](Cc2ccc(Cl)cc2)NC(=O)[C@H](NC(=O)[C@@H](N)Cc2ccc(Cl)cc2)CSSC[C@@H](C(=O)N[C@H](Cc2ccc(Cl)cc2)C(N)=O)NC1=O. The first-order valence-electron chi connectivity index (χ1n) is 25.0. The first-order valence-corrected chi connectivity index (χ1v) is 28.6. The van der Waals surface area contributed by atoms with Gasteiger partial charge >= 0.3 is 0 Å². The highest BCUT2D eigenvalue weighted by atomic mass is 35.5. The third kappa shape index (κ3) is 20.6. The fraction of sp³-hybridized carbons (Fsp3) is 0.377. The van der Waals surface area contributed by atoms with E-state index < -0.39 is 108 Å². The Bertz CT molecular complexity index is 2770. The molecular weight excluding hydrogens is 1120 g/mol. The van der Waals surface area contributed by atoms with Crippen molar-refractivity contribution >= 4 is 110 Å². The number of carbonyl (C=O) groups is 9. The summed E-state index contributed by atoms with van der Waals surface area (Å²) in [6.45, 7) is 1.44. The van der Waals surface area contributed by atoms with Crippen molar-refractivity contribution in [2.75, 3.05) is 18.1 Å². The molecule has 4 aromatic rings. The molecule has 424 valence electrons. The molecule has 0 aliphatic carbocycles. The van der Waals surface area contributed by atoms with Crippen molar-refractivity contribution in [3.63, 3.8) is 0 Å². The van der Waals surface area contributed by atoms with Crippen molar-refractivity contribution in [2.45, 2.75) is 106 Å². The summed E-state index contributed by atoms with van der Waals surface area (Å²) in [6, 6.07) is 13.9. The minimum absolute atomic E-state index is 0.0381. The van der Waals surface area contributed by atoms with Gasteiger partial charge in [-0.3, -0.25) is 43.2 Å². The zero-order valence-electron chi connectivity index (χ0n) is 42.9. The van der Waals surface area contributed by atoms with Crippen LogP contribution < -0.4 is 60.2 Å². The highest BCUT2D eigenvalue weighted by Gasteiger charge is 2.36. The Labute approximate surface area is 479 Å². The fourth-order valence-electron chi connectivity index (χ4n) is 8.01. The van der Waals surface area contributed by atoms with E-state index in [0.717, 1.165) is 21.6 Å². The van der Waals surface area contributed by atoms with E-state index in [1.54, 1.807) is 72.8 Å². The van der Waals surface area contributed by atoms with Gasteiger partial charge in [0.25, 0.3) is 0 Å². The van der Waals surface area contributed by atoms with Crippen LogP contribution in [0.4, 0.5) is 0 Å². The van der Waals surface area contributed by atoms with Gasteiger partial charge in [-0.2, -0.15) is 0 Å². The van der Waals surface area contributed by atoms with Crippen molar-refractivity contribution in [1.82, 2.24) is 37.2 Å². The number of aliphatic hydroxyl groups excluding tert-OH is 1. The van der Waals surface area contributed by atoms with E-state index in [9.17, 15) is 48.3 Å². The van der Waals surface area contributed by atoms with E-state index in [1.807, 2.05) is 0 Å². The maximum atomic E-state index is 14.8. The average Bonchev–Trinajstić information content (AvgIpc) is 3.41. The third-order valence-corrected chi connectivity index (χ3v) is 15.7. The van der Waals surface area contributed by atoms with E-state index in [4.69, 9.17) is 57.7 Å². The number of hydrogen-bond acceptors (Lipinski definition) is 14. The number of primary amides is 2. The normalized spacial score (nSPS) is 21.1. The van der Waals surface area contributed by atoms with Crippen LogP contribution in [0.1, 0.15) is 58.8 Å². The molecule has 4 aromatic carbocycles. The number of rotatable bonds is 19. The Morgan fingerprint density at radius 2 is 1.09 bits per heavy atom. The van der Waals surface area contributed by atoms with Crippen LogP contribution in [-0.4, -0.2) is 131 Å². The number of nitrogens with one attached hydrogen (secondary N) is 7. The molecule has 5 rings (SSSR count). The molecule has 1 aliphatic heterocycles. The molecule has 79 heavy (non-hydrogen) atoms. The van der Waals surface area contributed by atoms with Crippen LogP contribution in [0.3, 0.4) is 0 Å². The molecule has 0 saturated carbocycles. The van der Waals surface area contributed by atoms with Gasteiger partial charge in [0.2, 0.25) is 53.2 Å². The second-order valence-electron chi connectivity index (χ2n) is 18.7. The standard InChI is InChI=1S/C53H64Cl3N11O10S2/c1-28(68)44-53(77)66-43(51(75)62-39(46(60)70)23-31-9-17-35(55)18-10-31)27-79-78-26-42(65-47(71)37(58)22-29-7-15-34(54)16-8-29)52(76)64-41(25-32-11-19-36(56)20-12-32)50(74)63-40(24-30-5-13-33(14-6-30)45(59)69)49(73)61-38(48(72)67-44)4-2-3-21-57/h5-20,28,37-44,68H,2-4,21-27,57-58H2,1H3,(H2,59,69)(H2,60,70)(H,61,73)(H,62,75)(H,63,74)(H,64,76)(H,65,71)(H,66,77)(H,67,72)/t28?,37-,38-,39+,40+,41-,42+,43-,44?/m0/s1. The number of halogens is 3. The number of aliphatic hydroxyl groups is 1. The molecule has 1 aliphatic rings. The number of amides is 9. The summed E-state index contributed by atoms with van der Waals surface area (Å²) in [6.07, 6.45) is -1.36. The predicted octanol–water partition coefficient (Wildman–Crippen LogP) is 1.13. The molecule has 1 saturated heterocycles. The smallest absolute Gasteiger partial charge is 0.248 e. The lowest BCUT2D eigenvalue weighted by Crippen LogP contribution is -2.62. The lowest BCUT2D eigenvalue weighted by Gasteiger charge is -2.29. The van der Waals surface area contributed by atoms with Crippen LogP contribution in [0.2, 0.25) is 15.1 Å². The molecule has 1 fully saturated rings. The molecule has 26 heteroatoms.